The summed E-state index contributed by atoms with van der Waals surface area (Å²) in [5.41, 5.74) is 2.24. The first-order chi connectivity index (χ1) is 13.6. The zero-order valence-corrected chi connectivity index (χ0v) is 17.8. The number of amides is 1. The van der Waals surface area contributed by atoms with Crippen LogP contribution in [-0.4, -0.2) is 35.4 Å². The third-order valence-electron chi connectivity index (χ3n) is 4.69. The Kier molecular flexibility index (Phi) is 5.59. The highest BCUT2D eigenvalue weighted by molar-refractivity contribution is 5.98. The second-order valence-corrected chi connectivity index (χ2v) is 8.49. The van der Waals surface area contributed by atoms with Crippen LogP contribution in [0.15, 0.2) is 24.4 Å². The molecule has 0 saturated heterocycles. The topological polar surface area (TPSA) is 81.6 Å². The molecule has 1 aromatic carbocycles. The number of ether oxygens (including phenoxy) is 2. The van der Waals surface area contributed by atoms with Gasteiger partial charge in [-0.1, -0.05) is 13.8 Å². The van der Waals surface area contributed by atoms with Gasteiger partial charge < -0.3 is 20.1 Å². The van der Waals surface area contributed by atoms with Crippen molar-refractivity contribution in [1.82, 2.24) is 15.2 Å². The molecule has 2 aromatic rings. The Labute approximate surface area is 171 Å². The summed E-state index contributed by atoms with van der Waals surface area (Å²) >= 11 is 0. The van der Waals surface area contributed by atoms with Crippen LogP contribution in [0.5, 0.6) is 5.75 Å². The van der Waals surface area contributed by atoms with E-state index < -0.39 is 12.2 Å². The average molecular weight is 399 g/mol. The lowest BCUT2D eigenvalue weighted by molar-refractivity contribution is 0.118. The molecule has 0 atom stereocenters. The number of nitrogens with one attached hydrogen (secondary N) is 2. The standard InChI is InChI=1S/C22H29N3O4/c1-13(2)24-20(26)29-15-7-8-16-18(11-15)25(21(27)28-14(3)4)17-9-10-23-12-22(5,6)19(16)17/h7-11,13-14,23H,12H2,1-6H3,(H,24,26). The van der Waals surface area contributed by atoms with Crippen LogP contribution >= 0.6 is 0 Å². The molecule has 0 unspecified atom stereocenters. The fourth-order valence-electron chi connectivity index (χ4n) is 3.58. The maximum absolute atomic E-state index is 13.0. The Morgan fingerprint density at radius 1 is 1.21 bits per heavy atom. The highest BCUT2D eigenvalue weighted by Crippen LogP contribution is 2.39. The van der Waals surface area contributed by atoms with Crippen molar-refractivity contribution in [1.29, 1.82) is 0 Å². The first-order valence-corrected chi connectivity index (χ1v) is 9.88. The third kappa shape index (κ3) is 4.23. The lowest BCUT2D eigenvalue weighted by atomic mass is 9.83. The van der Waals surface area contributed by atoms with Crippen LogP contribution in [0, 0.1) is 0 Å². The number of hydrogen-bond donors (Lipinski definition) is 2. The molecule has 0 radical (unpaired) electrons. The van der Waals surface area contributed by atoms with Crippen LogP contribution in [0.1, 0.15) is 52.8 Å². The van der Waals surface area contributed by atoms with E-state index in [0.29, 0.717) is 11.3 Å². The number of nitrogens with zero attached hydrogens (tertiary/aromatic N) is 1. The zero-order chi connectivity index (χ0) is 21.3. The van der Waals surface area contributed by atoms with Gasteiger partial charge >= 0.3 is 12.2 Å². The summed E-state index contributed by atoms with van der Waals surface area (Å²) in [5, 5.41) is 6.89. The molecule has 7 heteroatoms. The van der Waals surface area contributed by atoms with Crippen LogP contribution in [0.4, 0.5) is 9.59 Å². The SMILES string of the molecule is CC(C)NC(=O)Oc1ccc2c3c(n(C(=O)OC(C)C)c2c1)C=CNCC3(C)C. The monoisotopic (exact) mass is 399 g/mol. The predicted molar refractivity (Wildman–Crippen MR) is 113 cm³/mol. The van der Waals surface area contributed by atoms with E-state index in [4.69, 9.17) is 9.47 Å². The maximum Gasteiger partial charge on any atom is 0.419 e. The van der Waals surface area contributed by atoms with Gasteiger partial charge in [0.1, 0.15) is 5.75 Å². The number of aromatic nitrogens is 1. The largest absolute Gasteiger partial charge is 0.446 e. The van der Waals surface area contributed by atoms with Crippen LogP contribution in [-0.2, 0) is 10.2 Å². The molecule has 2 N–H and O–H groups in total. The number of benzene rings is 1. The molecule has 1 aliphatic rings. The van der Waals surface area contributed by atoms with Gasteiger partial charge in [-0.3, -0.25) is 0 Å². The zero-order valence-electron chi connectivity index (χ0n) is 17.8. The van der Waals surface area contributed by atoms with Crippen LogP contribution in [0.3, 0.4) is 0 Å². The first-order valence-electron chi connectivity index (χ1n) is 9.88. The van der Waals surface area contributed by atoms with Crippen molar-refractivity contribution in [3.8, 4) is 5.75 Å². The van der Waals surface area contributed by atoms with E-state index >= 15 is 0 Å². The molecule has 156 valence electrons. The van der Waals surface area contributed by atoms with E-state index in [0.717, 1.165) is 23.2 Å². The summed E-state index contributed by atoms with van der Waals surface area (Å²) in [6.07, 6.45) is 2.48. The second-order valence-electron chi connectivity index (χ2n) is 8.49. The molecule has 3 rings (SSSR count). The molecule has 0 fully saturated rings. The molecule has 0 aliphatic carbocycles. The van der Waals surface area contributed by atoms with Crippen LogP contribution in [0.25, 0.3) is 17.0 Å². The predicted octanol–water partition coefficient (Wildman–Crippen LogP) is 4.38. The van der Waals surface area contributed by atoms with Gasteiger partial charge in [0.05, 0.1) is 17.3 Å². The number of carbonyl (C=O) groups is 2. The van der Waals surface area contributed by atoms with Gasteiger partial charge in [-0.2, -0.15) is 0 Å². The van der Waals surface area contributed by atoms with Gasteiger partial charge in [-0.15, -0.1) is 0 Å². The Balaban J connectivity index is 2.18. The van der Waals surface area contributed by atoms with E-state index in [1.54, 1.807) is 16.7 Å². The number of rotatable bonds is 3. The van der Waals surface area contributed by atoms with Gasteiger partial charge in [-0.25, -0.2) is 14.2 Å². The van der Waals surface area contributed by atoms with Gasteiger partial charge in [0.25, 0.3) is 0 Å². The quantitative estimate of drug-likeness (QED) is 0.800. The summed E-state index contributed by atoms with van der Waals surface area (Å²) in [7, 11) is 0. The highest BCUT2D eigenvalue weighted by atomic mass is 16.6. The van der Waals surface area contributed by atoms with E-state index in [2.05, 4.69) is 24.5 Å². The van der Waals surface area contributed by atoms with E-state index in [1.165, 1.54) is 0 Å². The van der Waals surface area contributed by atoms with Crippen molar-refractivity contribution >= 4 is 29.2 Å². The lowest BCUT2D eigenvalue weighted by Crippen LogP contribution is -2.32. The van der Waals surface area contributed by atoms with Gasteiger partial charge in [-0.05, 0) is 57.7 Å². The van der Waals surface area contributed by atoms with Crippen molar-refractivity contribution in [3.63, 3.8) is 0 Å². The Morgan fingerprint density at radius 3 is 2.59 bits per heavy atom. The van der Waals surface area contributed by atoms with Crippen LogP contribution in [0.2, 0.25) is 0 Å². The molecule has 2 heterocycles. The van der Waals surface area contributed by atoms with Crippen LogP contribution < -0.4 is 15.4 Å². The van der Waals surface area contributed by atoms with Crippen molar-refractivity contribution < 1.29 is 19.1 Å². The van der Waals surface area contributed by atoms with Gasteiger partial charge in [0, 0.05) is 29.5 Å². The summed E-state index contributed by atoms with van der Waals surface area (Å²) in [4.78, 5) is 25.0. The summed E-state index contributed by atoms with van der Waals surface area (Å²) in [5.74, 6) is 0.363. The summed E-state index contributed by atoms with van der Waals surface area (Å²) in [6, 6.07) is 5.32. The average Bonchev–Trinajstić information content (AvgIpc) is 2.83. The molecule has 0 saturated carbocycles. The molecular weight excluding hydrogens is 370 g/mol. The molecule has 0 bridgehead atoms. The van der Waals surface area contributed by atoms with Crippen molar-refractivity contribution in [3.05, 3.63) is 35.7 Å². The van der Waals surface area contributed by atoms with Gasteiger partial charge in [0.15, 0.2) is 0 Å². The molecule has 1 amide bonds. The third-order valence-corrected chi connectivity index (χ3v) is 4.69. The van der Waals surface area contributed by atoms with Crippen molar-refractivity contribution in [2.24, 2.45) is 0 Å². The Morgan fingerprint density at radius 2 is 1.93 bits per heavy atom. The second kappa shape index (κ2) is 7.81. The minimum atomic E-state index is -0.534. The minimum absolute atomic E-state index is 0.0365. The number of carbonyl (C=O) groups excluding carboxylic acids is 2. The smallest absolute Gasteiger partial charge is 0.419 e. The summed E-state index contributed by atoms with van der Waals surface area (Å²) < 4.78 is 12.5. The minimum Gasteiger partial charge on any atom is -0.446 e. The molecule has 7 nitrogen and oxygen atoms in total. The van der Waals surface area contributed by atoms with Crippen molar-refractivity contribution in [2.75, 3.05) is 6.54 Å². The first kappa shape index (κ1) is 20.8. The Bertz CT molecular complexity index is 970. The highest BCUT2D eigenvalue weighted by Gasteiger charge is 2.32. The molecule has 29 heavy (non-hydrogen) atoms. The summed E-state index contributed by atoms with van der Waals surface area (Å²) in [6.45, 7) is 12.3. The number of hydrogen-bond acceptors (Lipinski definition) is 5. The molecule has 1 aromatic heterocycles. The molecule has 0 spiro atoms. The Hall–Kier alpha value is -2.96. The van der Waals surface area contributed by atoms with E-state index in [1.807, 2.05) is 46.0 Å². The van der Waals surface area contributed by atoms with Crippen molar-refractivity contribution in [2.45, 2.75) is 59.1 Å². The maximum atomic E-state index is 13.0. The fourth-order valence-corrected chi connectivity index (χ4v) is 3.58. The fraction of sp³-hybridized carbons (Fsp3) is 0.455. The van der Waals surface area contributed by atoms with Gasteiger partial charge in [0.2, 0.25) is 0 Å². The van der Waals surface area contributed by atoms with E-state index in [-0.39, 0.29) is 17.6 Å². The molecule has 1 aliphatic heterocycles. The normalized spacial score (nSPS) is 15.0. The van der Waals surface area contributed by atoms with E-state index in [9.17, 15) is 9.59 Å². The number of fused-ring (bicyclic) bond motifs is 3. The molecular formula is C22H29N3O4. The lowest BCUT2D eigenvalue weighted by Gasteiger charge is -2.24.